The molecular formula is C16H23NO5. The number of nitrogens with zero attached hydrogens (tertiary/aromatic N) is 1. The quantitative estimate of drug-likeness (QED) is 0.690. The minimum Gasteiger partial charge on any atom is -0.493 e. The maximum absolute atomic E-state index is 10.7. The lowest BCUT2D eigenvalue weighted by Gasteiger charge is -2.23. The Morgan fingerprint density at radius 2 is 1.55 bits per heavy atom. The molecule has 0 aliphatic heterocycles. The summed E-state index contributed by atoms with van der Waals surface area (Å²) in [6.07, 6.45) is -0.0730. The second-order valence-corrected chi connectivity index (χ2v) is 5.47. The summed E-state index contributed by atoms with van der Waals surface area (Å²) >= 11 is 0. The summed E-state index contributed by atoms with van der Waals surface area (Å²) in [6, 6.07) is 7.26. The van der Waals surface area contributed by atoms with Gasteiger partial charge in [0.15, 0.2) is 0 Å². The SMILES string of the molecule is CC(C)COc1ccc(N(CCC(=O)O)CCC(=O)O)cc1. The van der Waals surface area contributed by atoms with Gasteiger partial charge in [-0.2, -0.15) is 0 Å². The molecular weight excluding hydrogens is 286 g/mol. The first-order valence-corrected chi connectivity index (χ1v) is 7.30. The Bertz CT molecular complexity index is 466. The lowest BCUT2D eigenvalue weighted by molar-refractivity contribution is -0.137. The molecule has 1 aromatic carbocycles. The molecule has 0 saturated carbocycles. The van der Waals surface area contributed by atoms with E-state index in [-0.39, 0.29) is 25.9 Å². The molecule has 22 heavy (non-hydrogen) atoms. The molecule has 1 rings (SSSR count). The highest BCUT2D eigenvalue weighted by molar-refractivity contribution is 5.69. The molecule has 0 aliphatic rings. The van der Waals surface area contributed by atoms with Gasteiger partial charge in [-0.25, -0.2) is 0 Å². The molecule has 6 nitrogen and oxygen atoms in total. The van der Waals surface area contributed by atoms with Crippen LogP contribution in [0.1, 0.15) is 26.7 Å². The van der Waals surface area contributed by atoms with E-state index in [1.807, 2.05) is 24.3 Å². The second-order valence-electron chi connectivity index (χ2n) is 5.47. The molecule has 0 amide bonds. The zero-order valence-electron chi connectivity index (χ0n) is 13.0. The molecule has 0 unspecified atom stereocenters. The summed E-state index contributed by atoms with van der Waals surface area (Å²) in [5.41, 5.74) is 0.791. The van der Waals surface area contributed by atoms with Crippen molar-refractivity contribution in [1.29, 1.82) is 0 Å². The van der Waals surface area contributed by atoms with Crippen LogP contribution in [0.5, 0.6) is 5.75 Å². The minimum atomic E-state index is -0.905. The largest absolute Gasteiger partial charge is 0.493 e. The van der Waals surface area contributed by atoms with Gasteiger partial charge in [0, 0.05) is 18.8 Å². The molecule has 122 valence electrons. The van der Waals surface area contributed by atoms with Crippen LogP contribution >= 0.6 is 0 Å². The number of carboxylic acids is 2. The van der Waals surface area contributed by atoms with Gasteiger partial charge in [-0.05, 0) is 30.2 Å². The van der Waals surface area contributed by atoms with Gasteiger partial charge in [0.25, 0.3) is 0 Å². The highest BCUT2D eigenvalue weighted by Gasteiger charge is 2.11. The van der Waals surface area contributed by atoms with Crippen LogP contribution < -0.4 is 9.64 Å². The fraction of sp³-hybridized carbons (Fsp3) is 0.500. The normalized spacial score (nSPS) is 10.5. The van der Waals surface area contributed by atoms with E-state index in [1.54, 1.807) is 4.90 Å². The Kier molecular flexibility index (Phi) is 7.22. The summed E-state index contributed by atoms with van der Waals surface area (Å²) in [6.45, 7) is 5.30. The van der Waals surface area contributed by atoms with E-state index < -0.39 is 11.9 Å². The highest BCUT2D eigenvalue weighted by atomic mass is 16.5. The number of ether oxygens (including phenoxy) is 1. The Hall–Kier alpha value is -2.24. The van der Waals surface area contributed by atoms with Gasteiger partial charge in [0.2, 0.25) is 0 Å². The monoisotopic (exact) mass is 309 g/mol. The number of anilines is 1. The number of hydrogen-bond donors (Lipinski definition) is 2. The van der Waals surface area contributed by atoms with E-state index in [9.17, 15) is 9.59 Å². The highest BCUT2D eigenvalue weighted by Crippen LogP contribution is 2.20. The summed E-state index contributed by atoms with van der Waals surface area (Å²) < 4.78 is 5.59. The number of carboxylic acid groups (broad SMARTS) is 2. The average Bonchev–Trinajstić information content (AvgIpc) is 2.45. The van der Waals surface area contributed by atoms with Crippen LogP contribution in [0, 0.1) is 5.92 Å². The van der Waals surface area contributed by atoms with Crippen molar-refractivity contribution in [2.45, 2.75) is 26.7 Å². The van der Waals surface area contributed by atoms with Gasteiger partial charge in [-0.15, -0.1) is 0 Å². The third-order valence-corrected chi connectivity index (χ3v) is 2.98. The zero-order valence-corrected chi connectivity index (χ0v) is 13.0. The molecule has 2 N–H and O–H groups in total. The van der Waals surface area contributed by atoms with Crippen molar-refractivity contribution in [3.63, 3.8) is 0 Å². The van der Waals surface area contributed by atoms with Crippen molar-refractivity contribution in [2.75, 3.05) is 24.6 Å². The first kappa shape index (κ1) is 17.8. The van der Waals surface area contributed by atoms with E-state index >= 15 is 0 Å². The van der Waals surface area contributed by atoms with Gasteiger partial charge in [-0.3, -0.25) is 9.59 Å². The van der Waals surface area contributed by atoms with E-state index in [4.69, 9.17) is 14.9 Å². The van der Waals surface area contributed by atoms with E-state index in [2.05, 4.69) is 13.8 Å². The lowest BCUT2D eigenvalue weighted by atomic mass is 10.2. The van der Waals surface area contributed by atoms with Crippen LogP contribution in [0.15, 0.2) is 24.3 Å². The minimum absolute atomic E-state index is 0.0365. The number of aliphatic carboxylic acids is 2. The average molecular weight is 309 g/mol. The second kappa shape index (κ2) is 8.92. The molecule has 0 spiro atoms. The topological polar surface area (TPSA) is 87.1 Å². The van der Waals surface area contributed by atoms with Crippen molar-refractivity contribution in [1.82, 2.24) is 0 Å². The predicted octanol–water partition coefficient (Wildman–Crippen LogP) is 2.48. The number of carbonyl (C=O) groups is 2. The van der Waals surface area contributed by atoms with E-state index in [1.165, 1.54) is 0 Å². The Balaban J connectivity index is 2.70. The van der Waals surface area contributed by atoms with Crippen LogP contribution in [0.4, 0.5) is 5.69 Å². The summed E-state index contributed by atoms with van der Waals surface area (Å²) in [7, 11) is 0. The van der Waals surface area contributed by atoms with Gasteiger partial charge in [0.05, 0.1) is 19.4 Å². The zero-order chi connectivity index (χ0) is 16.5. The summed E-state index contributed by atoms with van der Waals surface area (Å²) in [4.78, 5) is 23.2. The molecule has 0 aromatic heterocycles. The number of hydrogen-bond acceptors (Lipinski definition) is 4. The van der Waals surface area contributed by atoms with Gasteiger partial charge in [-0.1, -0.05) is 13.8 Å². The molecule has 0 atom stereocenters. The van der Waals surface area contributed by atoms with Gasteiger partial charge < -0.3 is 19.8 Å². The van der Waals surface area contributed by atoms with Crippen LogP contribution in [0.25, 0.3) is 0 Å². The molecule has 0 heterocycles. The van der Waals surface area contributed by atoms with Crippen LogP contribution in [0.2, 0.25) is 0 Å². The molecule has 0 radical (unpaired) electrons. The molecule has 0 bridgehead atoms. The summed E-state index contributed by atoms with van der Waals surface area (Å²) in [5.74, 6) is -0.634. The Morgan fingerprint density at radius 1 is 1.05 bits per heavy atom. The van der Waals surface area contributed by atoms with E-state index in [0.717, 1.165) is 11.4 Å². The summed E-state index contributed by atoms with van der Waals surface area (Å²) in [5, 5.41) is 17.6. The van der Waals surface area contributed by atoms with Crippen LogP contribution in [0.3, 0.4) is 0 Å². The van der Waals surface area contributed by atoms with Gasteiger partial charge >= 0.3 is 11.9 Å². The lowest BCUT2D eigenvalue weighted by Crippen LogP contribution is -2.28. The molecule has 1 aromatic rings. The smallest absolute Gasteiger partial charge is 0.305 e. The maximum atomic E-state index is 10.7. The molecule has 0 saturated heterocycles. The predicted molar refractivity (Wildman–Crippen MR) is 83.5 cm³/mol. The molecule has 6 heteroatoms. The fourth-order valence-corrected chi connectivity index (χ4v) is 1.85. The molecule has 0 fully saturated rings. The third-order valence-electron chi connectivity index (χ3n) is 2.98. The van der Waals surface area contributed by atoms with Crippen LogP contribution in [-0.4, -0.2) is 41.8 Å². The van der Waals surface area contributed by atoms with Crippen molar-refractivity contribution in [3.05, 3.63) is 24.3 Å². The Morgan fingerprint density at radius 3 is 1.95 bits per heavy atom. The molecule has 0 aliphatic carbocycles. The van der Waals surface area contributed by atoms with Crippen molar-refractivity contribution in [2.24, 2.45) is 5.92 Å². The van der Waals surface area contributed by atoms with Crippen molar-refractivity contribution >= 4 is 17.6 Å². The first-order valence-electron chi connectivity index (χ1n) is 7.30. The Labute approximate surface area is 130 Å². The van der Waals surface area contributed by atoms with Crippen molar-refractivity contribution in [3.8, 4) is 5.75 Å². The third kappa shape index (κ3) is 6.97. The number of rotatable bonds is 10. The van der Waals surface area contributed by atoms with Crippen molar-refractivity contribution < 1.29 is 24.5 Å². The van der Waals surface area contributed by atoms with Crippen LogP contribution in [-0.2, 0) is 9.59 Å². The first-order chi connectivity index (χ1) is 10.4. The number of benzene rings is 1. The maximum Gasteiger partial charge on any atom is 0.305 e. The fourth-order valence-electron chi connectivity index (χ4n) is 1.85. The van der Waals surface area contributed by atoms with E-state index in [0.29, 0.717) is 12.5 Å². The standard InChI is InChI=1S/C16H23NO5/c1-12(2)11-22-14-5-3-13(4-6-14)17(9-7-15(18)19)10-8-16(20)21/h3-6,12H,7-11H2,1-2H3,(H,18,19)(H,20,21). The van der Waals surface area contributed by atoms with Gasteiger partial charge in [0.1, 0.15) is 5.75 Å².